The van der Waals surface area contributed by atoms with Gasteiger partial charge in [-0.3, -0.25) is 0 Å². The van der Waals surface area contributed by atoms with E-state index < -0.39 is 21.9 Å². The molecule has 0 radical (unpaired) electrons. The molecule has 0 aromatic heterocycles. The molecule has 1 aliphatic rings. The van der Waals surface area contributed by atoms with Crippen LogP contribution in [0.15, 0.2) is 23.1 Å². The fourth-order valence-electron chi connectivity index (χ4n) is 2.36. The van der Waals surface area contributed by atoms with Gasteiger partial charge in [-0.1, -0.05) is 6.42 Å². The molecular formula is C13H15FN2O3S. The van der Waals surface area contributed by atoms with Crippen LogP contribution in [0.5, 0.6) is 0 Å². The van der Waals surface area contributed by atoms with Crippen molar-refractivity contribution in [1.29, 1.82) is 5.26 Å². The van der Waals surface area contributed by atoms with E-state index in [2.05, 4.69) is 0 Å². The highest BCUT2D eigenvalue weighted by Gasteiger charge is 2.33. The van der Waals surface area contributed by atoms with Gasteiger partial charge in [0.1, 0.15) is 11.9 Å². The van der Waals surface area contributed by atoms with E-state index in [-0.39, 0.29) is 17.1 Å². The highest BCUT2D eigenvalue weighted by atomic mass is 32.2. The van der Waals surface area contributed by atoms with Crippen LogP contribution < -0.4 is 0 Å². The molecule has 0 aliphatic carbocycles. The number of hydrogen-bond donors (Lipinski definition) is 1. The lowest BCUT2D eigenvalue weighted by molar-refractivity contribution is 0.155. The lowest BCUT2D eigenvalue weighted by atomic mass is 10.1. The molecule has 1 fully saturated rings. The van der Waals surface area contributed by atoms with Crippen LogP contribution in [-0.2, 0) is 10.0 Å². The van der Waals surface area contributed by atoms with Gasteiger partial charge in [0.2, 0.25) is 10.0 Å². The Morgan fingerprint density at radius 1 is 1.45 bits per heavy atom. The highest BCUT2D eigenvalue weighted by molar-refractivity contribution is 7.89. The van der Waals surface area contributed by atoms with Crippen molar-refractivity contribution in [2.24, 2.45) is 0 Å². The van der Waals surface area contributed by atoms with Crippen LogP contribution in [0, 0.1) is 17.1 Å². The van der Waals surface area contributed by atoms with Crippen molar-refractivity contribution < 1.29 is 17.9 Å². The number of aliphatic hydroxyl groups excluding tert-OH is 1. The molecular weight excluding hydrogens is 283 g/mol. The summed E-state index contributed by atoms with van der Waals surface area (Å²) in [7, 11) is -3.82. The van der Waals surface area contributed by atoms with Gasteiger partial charge < -0.3 is 5.11 Å². The molecule has 5 nitrogen and oxygen atoms in total. The maximum atomic E-state index is 13.3. The quantitative estimate of drug-likeness (QED) is 0.910. The first-order valence-electron chi connectivity index (χ1n) is 6.33. The van der Waals surface area contributed by atoms with E-state index in [1.165, 1.54) is 4.31 Å². The van der Waals surface area contributed by atoms with Crippen molar-refractivity contribution in [3.05, 3.63) is 29.6 Å². The second-order valence-corrected chi connectivity index (χ2v) is 6.59. The summed E-state index contributed by atoms with van der Waals surface area (Å²) in [6.45, 7) is 0.0817. The fourth-order valence-corrected chi connectivity index (χ4v) is 4.07. The van der Waals surface area contributed by atoms with E-state index in [4.69, 9.17) is 5.26 Å². The van der Waals surface area contributed by atoms with Crippen LogP contribution in [0.1, 0.15) is 24.8 Å². The standard InChI is InChI=1S/C13H15FN2O3S/c14-13-5-4-12(7-10(13)8-15)20(18,19)16-6-2-1-3-11(16)9-17/h4-5,7,11,17H,1-3,6,9H2. The molecule has 2 rings (SSSR count). The fraction of sp³-hybridized carbons (Fsp3) is 0.462. The zero-order valence-corrected chi connectivity index (χ0v) is 11.6. The zero-order valence-electron chi connectivity index (χ0n) is 10.8. The molecule has 0 bridgehead atoms. The molecule has 1 saturated heterocycles. The summed E-state index contributed by atoms with van der Waals surface area (Å²) in [6, 6.07) is 4.33. The van der Waals surface area contributed by atoms with E-state index in [9.17, 15) is 17.9 Å². The van der Waals surface area contributed by atoms with Crippen LogP contribution in [0.2, 0.25) is 0 Å². The number of hydrogen-bond acceptors (Lipinski definition) is 4. The first-order chi connectivity index (χ1) is 9.50. The Kier molecular flexibility index (Phi) is 4.38. The molecule has 1 aromatic rings. The predicted octanol–water partition coefficient (Wildman–Crippen LogP) is 1.23. The van der Waals surface area contributed by atoms with E-state index in [1.54, 1.807) is 6.07 Å². The minimum Gasteiger partial charge on any atom is -0.395 e. The molecule has 0 saturated carbocycles. The number of sulfonamides is 1. The van der Waals surface area contributed by atoms with Gasteiger partial charge in [0, 0.05) is 12.6 Å². The van der Waals surface area contributed by atoms with Gasteiger partial charge in [0.15, 0.2) is 0 Å². The monoisotopic (exact) mass is 298 g/mol. The summed E-state index contributed by atoms with van der Waals surface area (Å²) >= 11 is 0. The van der Waals surface area contributed by atoms with E-state index in [0.717, 1.165) is 31.0 Å². The predicted molar refractivity (Wildman–Crippen MR) is 69.7 cm³/mol. The van der Waals surface area contributed by atoms with Crippen molar-refractivity contribution in [3.8, 4) is 6.07 Å². The van der Waals surface area contributed by atoms with Crippen LogP contribution in [-0.4, -0.2) is 37.0 Å². The van der Waals surface area contributed by atoms with Crippen molar-refractivity contribution >= 4 is 10.0 Å². The molecule has 0 spiro atoms. The Bertz CT molecular complexity index is 640. The summed E-state index contributed by atoms with van der Waals surface area (Å²) in [5.41, 5.74) is -0.302. The van der Waals surface area contributed by atoms with E-state index >= 15 is 0 Å². The maximum Gasteiger partial charge on any atom is 0.243 e. The molecule has 1 aromatic carbocycles. The normalized spacial score (nSPS) is 20.6. The van der Waals surface area contributed by atoms with Gasteiger partial charge >= 0.3 is 0 Å². The minimum atomic E-state index is -3.82. The summed E-state index contributed by atoms with van der Waals surface area (Å²) in [4.78, 5) is -0.115. The molecule has 7 heteroatoms. The van der Waals surface area contributed by atoms with Gasteiger partial charge in [-0.15, -0.1) is 0 Å². The summed E-state index contributed by atoms with van der Waals surface area (Å²) in [5, 5.41) is 18.1. The first-order valence-corrected chi connectivity index (χ1v) is 7.77. The minimum absolute atomic E-state index is 0.115. The second-order valence-electron chi connectivity index (χ2n) is 4.70. The van der Waals surface area contributed by atoms with Gasteiger partial charge in [-0.2, -0.15) is 9.57 Å². The van der Waals surface area contributed by atoms with Gasteiger partial charge in [-0.25, -0.2) is 12.8 Å². The van der Waals surface area contributed by atoms with E-state index in [0.29, 0.717) is 13.0 Å². The first kappa shape index (κ1) is 14.9. The SMILES string of the molecule is N#Cc1cc(S(=O)(=O)N2CCCCC2CO)ccc1F. The number of piperidine rings is 1. The number of halogens is 1. The maximum absolute atomic E-state index is 13.3. The largest absolute Gasteiger partial charge is 0.395 e. The average molecular weight is 298 g/mol. The molecule has 1 aliphatic heterocycles. The number of aliphatic hydroxyl groups is 1. The lowest BCUT2D eigenvalue weighted by Crippen LogP contribution is -2.45. The van der Waals surface area contributed by atoms with Crippen molar-refractivity contribution in [2.75, 3.05) is 13.2 Å². The second kappa shape index (κ2) is 5.87. The van der Waals surface area contributed by atoms with Crippen LogP contribution >= 0.6 is 0 Å². The van der Waals surface area contributed by atoms with Crippen molar-refractivity contribution in [2.45, 2.75) is 30.2 Å². The summed E-state index contributed by atoms with van der Waals surface area (Å²) in [6.07, 6.45) is 2.19. The molecule has 108 valence electrons. The Morgan fingerprint density at radius 2 is 2.20 bits per heavy atom. The van der Waals surface area contributed by atoms with Crippen molar-refractivity contribution in [3.63, 3.8) is 0 Å². The molecule has 0 amide bonds. The third-order valence-corrected chi connectivity index (χ3v) is 5.40. The number of benzene rings is 1. The Hall–Kier alpha value is -1.49. The Labute approximate surface area is 117 Å². The Morgan fingerprint density at radius 3 is 2.85 bits per heavy atom. The average Bonchev–Trinajstić information content (AvgIpc) is 2.47. The van der Waals surface area contributed by atoms with Crippen molar-refractivity contribution in [1.82, 2.24) is 4.31 Å². The molecule has 1 N–H and O–H groups in total. The molecule has 1 heterocycles. The summed E-state index contributed by atoms with van der Waals surface area (Å²) in [5.74, 6) is -0.746. The topological polar surface area (TPSA) is 81.4 Å². The van der Waals surface area contributed by atoms with Crippen LogP contribution in [0.3, 0.4) is 0 Å². The molecule has 1 atom stereocenters. The van der Waals surface area contributed by atoms with Gasteiger partial charge in [-0.05, 0) is 31.0 Å². The molecule has 20 heavy (non-hydrogen) atoms. The molecule has 1 unspecified atom stereocenters. The van der Waals surface area contributed by atoms with E-state index in [1.807, 2.05) is 0 Å². The zero-order chi connectivity index (χ0) is 14.8. The summed E-state index contributed by atoms with van der Waals surface area (Å²) < 4.78 is 39.6. The van der Waals surface area contributed by atoms with Crippen LogP contribution in [0.25, 0.3) is 0 Å². The van der Waals surface area contributed by atoms with Crippen LogP contribution in [0.4, 0.5) is 4.39 Å². The smallest absolute Gasteiger partial charge is 0.243 e. The number of rotatable bonds is 3. The third-order valence-electron chi connectivity index (χ3n) is 3.45. The van der Waals surface area contributed by atoms with Gasteiger partial charge in [0.25, 0.3) is 0 Å². The Balaban J connectivity index is 2.42. The lowest BCUT2D eigenvalue weighted by Gasteiger charge is -2.33. The number of nitrogens with zero attached hydrogens (tertiary/aromatic N) is 2. The van der Waals surface area contributed by atoms with Gasteiger partial charge in [0.05, 0.1) is 17.1 Å². The highest BCUT2D eigenvalue weighted by Crippen LogP contribution is 2.26. The third kappa shape index (κ3) is 2.68. The number of nitriles is 1.